The van der Waals surface area contributed by atoms with E-state index in [0.717, 1.165) is 0 Å². The smallest absolute Gasteiger partial charge is 0.263 e. The van der Waals surface area contributed by atoms with Crippen LogP contribution < -0.4 is 5.73 Å². The first-order valence-electron chi connectivity index (χ1n) is 4.79. The maximum atomic E-state index is 13.4. The van der Waals surface area contributed by atoms with Crippen molar-refractivity contribution >= 4 is 0 Å². The maximum absolute atomic E-state index is 13.4. The summed E-state index contributed by atoms with van der Waals surface area (Å²) in [7, 11) is 0. The van der Waals surface area contributed by atoms with Crippen LogP contribution in [0, 0.1) is 17.5 Å². The van der Waals surface area contributed by atoms with Gasteiger partial charge in [0.2, 0.25) is 0 Å². The number of nitrogens with two attached hydrogens (primary N) is 1. The fourth-order valence-corrected chi connectivity index (χ4v) is 1.33. The molecule has 0 fully saturated rings. The van der Waals surface area contributed by atoms with Crippen molar-refractivity contribution in [2.45, 2.75) is 6.42 Å². The summed E-state index contributed by atoms with van der Waals surface area (Å²) in [5.41, 5.74) is 4.73. The van der Waals surface area contributed by atoms with E-state index in [9.17, 15) is 13.2 Å². The summed E-state index contributed by atoms with van der Waals surface area (Å²) < 4.78 is 44.1. The second kappa shape index (κ2) is 4.54. The van der Waals surface area contributed by atoms with Gasteiger partial charge in [0.15, 0.2) is 5.82 Å². The molecule has 0 aliphatic carbocycles. The zero-order valence-electron chi connectivity index (χ0n) is 8.58. The summed E-state index contributed by atoms with van der Waals surface area (Å²) in [6.07, 6.45) is 0.327. The van der Waals surface area contributed by atoms with Gasteiger partial charge in [0.1, 0.15) is 23.0 Å². The molecule has 17 heavy (non-hydrogen) atoms. The zero-order chi connectivity index (χ0) is 12.4. The van der Waals surface area contributed by atoms with Crippen molar-refractivity contribution in [1.29, 1.82) is 0 Å². The fraction of sp³-hybridized carbons (Fsp3) is 0.200. The molecule has 0 aliphatic rings. The third kappa shape index (κ3) is 2.28. The lowest BCUT2D eigenvalue weighted by Crippen LogP contribution is -2.03. The molecule has 0 aliphatic heterocycles. The first kappa shape index (κ1) is 11.6. The van der Waals surface area contributed by atoms with E-state index in [1.807, 2.05) is 0 Å². The molecule has 0 unspecified atom stereocenters. The standard InChI is InChI=1S/C10H8F3N3O/c11-5-3-6(12)9(7(13)4-5)10-15-8(1-2-14)16-17-10/h3-4H,1-2,14H2. The highest BCUT2D eigenvalue weighted by atomic mass is 19.1. The van der Waals surface area contributed by atoms with Crippen LogP contribution in [0.1, 0.15) is 5.82 Å². The summed E-state index contributed by atoms with van der Waals surface area (Å²) >= 11 is 0. The Bertz CT molecular complexity index is 518. The van der Waals surface area contributed by atoms with Gasteiger partial charge in [-0.1, -0.05) is 5.16 Å². The predicted octanol–water partition coefficient (Wildman–Crippen LogP) is 1.66. The first-order valence-corrected chi connectivity index (χ1v) is 4.79. The van der Waals surface area contributed by atoms with Gasteiger partial charge in [-0.05, 0) is 6.54 Å². The van der Waals surface area contributed by atoms with Crippen molar-refractivity contribution in [3.05, 3.63) is 35.4 Å². The van der Waals surface area contributed by atoms with E-state index in [1.54, 1.807) is 0 Å². The Balaban J connectivity index is 2.45. The number of hydrogen-bond donors (Lipinski definition) is 1. The number of halogens is 3. The predicted molar refractivity (Wildman–Crippen MR) is 52.4 cm³/mol. The number of rotatable bonds is 3. The quantitative estimate of drug-likeness (QED) is 0.890. The maximum Gasteiger partial charge on any atom is 0.263 e. The van der Waals surface area contributed by atoms with Crippen molar-refractivity contribution in [2.24, 2.45) is 5.73 Å². The molecule has 0 amide bonds. The van der Waals surface area contributed by atoms with Crippen molar-refractivity contribution in [1.82, 2.24) is 10.1 Å². The minimum Gasteiger partial charge on any atom is -0.334 e. The number of benzene rings is 1. The highest BCUT2D eigenvalue weighted by Gasteiger charge is 2.19. The van der Waals surface area contributed by atoms with Gasteiger partial charge >= 0.3 is 0 Å². The van der Waals surface area contributed by atoms with Gasteiger partial charge in [0.05, 0.1) is 0 Å². The Hall–Kier alpha value is -1.89. The molecular formula is C10H8F3N3O. The van der Waals surface area contributed by atoms with Gasteiger partial charge in [0, 0.05) is 18.6 Å². The Kier molecular flexibility index (Phi) is 3.10. The van der Waals surface area contributed by atoms with Crippen LogP contribution in [-0.2, 0) is 6.42 Å². The van der Waals surface area contributed by atoms with Crippen LogP contribution in [0.15, 0.2) is 16.7 Å². The highest BCUT2D eigenvalue weighted by Crippen LogP contribution is 2.25. The molecule has 0 bridgehead atoms. The molecule has 0 saturated carbocycles. The molecule has 0 radical (unpaired) electrons. The Labute approximate surface area is 94.2 Å². The van der Waals surface area contributed by atoms with Gasteiger partial charge in [-0.15, -0.1) is 0 Å². The van der Waals surface area contributed by atoms with E-state index in [4.69, 9.17) is 5.73 Å². The molecule has 0 saturated heterocycles. The zero-order valence-corrected chi connectivity index (χ0v) is 8.58. The van der Waals surface area contributed by atoms with Crippen LogP contribution >= 0.6 is 0 Å². The summed E-state index contributed by atoms with van der Waals surface area (Å²) in [4.78, 5) is 3.76. The molecule has 1 heterocycles. The van der Waals surface area contributed by atoms with E-state index in [0.29, 0.717) is 18.6 Å². The van der Waals surface area contributed by atoms with Gasteiger partial charge in [-0.25, -0.2) is 13.2 Å². The summed E-state index contributed by atoms with van der Waals surface area (Å²) in [5, 5.41) is 3.49. The lowest BCUT2D eigenvalue weighted by molar-refractivity contribution is 0.416. The van der Waals surface area contributed by atoms with Gasteiger partial charge in [-0.3, -0.25) is 0 Å². The van der Waals surface area contributed by atoms with E-state index >= 15 is 0 Å². The van der Waals surface area contributed by atoms with Crippen LogP contribution in [-0.4, -0.2) is 16.7 Å². The number of hydrogen-bond acceptors (Lipinski definition) is 4. The average molecular weight is 243 g/mol. The Morgan fingerprint density at radius 3 is 2.41 bits per heavy atom. The van der Waals surface area contributed by atoms with E-state index in [1.165, 1.54) is 0 Å². The Morgan fingerprint density at radius 2 is 1.82 bits per heavy atom. The van der Waals surface area contributed by atoms with Crippen molar-refractivity contribution < 1.29 is 17.7 Å². The molecule has 2 aromatic rings. The van der Waals surface area contributed by atoms with Crippen LogP contribution in [0.5, 0.6) is 0 Å². The summed E-state index contributed by atoms with van der Waals surface area (Å²) in [6.45, 7) is 0.285. The van der Waals surface area contributed by atoms with E-state index in [-0.39, 0.29) is 18.3 Å². The molecule has 2 rings (SSSR count). The van der Waals surface area contributed by atoms with Gasteiger partial charge < -0.3 is 10.3 Å². The summed E-state index contributed by atoms with van der Waals surface area (Å²) in [5.74, 6) is -3.28. The van der Waals surface area contributed by atoms with E-state index < -0.39 is 23.0 Å². The van der Waals surface area contributed by atoms with Crippen molar-refractivity contribution in [3.63, 3.8) is 0 Å². The summed E-state index contributed by atoms with van der Waals surface area (Å²) in [6, 6.07) is 1.09. The second-order valence-corrected chi connectivity index (χ2v) is 3.30. The van der Waals surface area contributed by atoms with Gasteiger partial charge in [-0.2, -0.15) is 4.98 Å². The van der Waals surface area contributed by atoms with Crippen LogP contribution in [0.3, 0.4) is 0 Å². The third-order valence-electron chi connectivity index (χ3n) is 2.06. The van der Waals surface area contributed by atoms with Gasteiger partial charge in [0.25, 0.3) is 5.89 Å². The SMILES string of the molecule is NCCc1noc(-c2c(F)cc(F)cc2F)n1. The molecule has 7 heteroatoms. The number of aromatic nitrogens is 2. The lowest BCUT2D eigenvalue weighted by atomic mass is 10.2. The van der Waals surface area contributed by atoms with Crippen molar-refractivity contribution in [2.75, 3.05) is 6.54 Å². The average Bonchev–Trinajstić information content (AvgIpc) is 2.65. The van der Waals surface area contributed by atoms with Crippen molar-refractivity contribution in [3.8, 4) is 11.5 Å². The largest absolute Gasteiger partial charge is 0.334 e. The molecule has 1 aromatic heterocycles. The molecule has 1 aromatic carbocycles. The van der Waals surface area contributed by atoms with Crippen LogP contribution in [0.25, 0.3) is 11.5 Å². The molecular weight excluding hydrogens is 235 g/mol. The molecule has 90 valence electrons. The second-order valence-electron chi connectivity index (χ2n) is 3.30. The molecule has 2 N–H and O–H groups in total. The minimum absolute atomic E-state index is 0.241. The fourth-order valence-electron chi connectivity index (χ4n) is 1.33. The third-order valence-corrected chi connectivity index (χ3v) is 2.06. The minimum atomic E-state index is -1.09. The number of nitrogens with zero attached hydrogens (tertiary/aromatic N) is 2. The highest BCUT2D eigenvalue weighted by molar-refractivity contribution is 5.54. The normalized spacial score (nSPS) is 10.8. The molecule has 4 nitrogen and oxygen atoms in total. The lowest BCUT2D eigenvalue weighted by Gasteiger charge is -1.99. The van der Waals surface area contributed by atoms with Crippen LogP contribution in [0.2, 0.25) is 0 Å². The monoisotopic (exact) mass is 243 g/mol. The molecule has 0 spiro atoms. The molecule has 0 atom stereocenters. The van der Waals surface area contributed by atoms with Crippen LogP contribution in [0.4, 0.5) is 13.2 Å². The topological polar surface area (TPSA) is 64.9 Å². The first-order chi connectivity index (χ1) is 8.11. The van der Waals surface area contributed by atoms with E-state index in [2.05, 4.69) is 14.7 Å². The Morgan fingerprint density at radius 1 is 1.18 bits per heavy atom.